The van der Waals surface area contributed by atoms with Crippen LogP contribution in [0.25, 0.3) is 0 Å². The van der Waals surface area contributed by atoms with E-state index in [1.54, 1.807) is 4.90 Å². The van der Waals surface area contributed by atoms with Gasteiger partial charge in [0.2, 0.25) is 0 Å². The summed E-state index contributed by atoms with van der Waals surface area (Å²) in [5, 5.41) is 0. The summed E-state index contributed by atoms with van der Waals surface area (Å²) in [4.78, 5) is 27.2. The van der Waals surface area contributed by atoms with Gasteiger partial charge < -0.3 is 9.64 Å². The Morgan fingerprint density at radius 3 is 2.35 bits per heavy atom. The van der Waals surface area contributed by atoms with Crippen molar-refractivity contribution in [3.05, 3.63) is 65.2 Å². The van der Waals surface area contributed by atoms with Crippen LogP contribution in [0.1, 0.15) is 60.5 Å². The van der Waals surface area contributed by atoms with E-state index < -0.39 is 0 Å². The molecule has 0 aromatic heterocycles. The number of rotatable bonds is 3. The van der Waals surface area contributed by atoms with E-state index in [-0.39, 0.29) is 23.8 Å². The van der Waals surface area contributed by atoms with Gasteiger partial charge >= 0.3 is 5.97 Å². The van der Waals surface area contributed by atoms with Crippen molar-refractivity contribution in [3.8, 4) is 0 Å². The number of hydrogen-bond acceptors (Lipinski definition) is 3. The lowest BCUT2D eigenvalue weighted by Gasteiger charge is -2.38. The highest BCUT2D eigenvalue weighted by Crippen LogP contribution is 2.39. The van der Waals surface area contributed by atoms with Crippen LogP contribution in [-0.4, -0.2) is 25.0 Å². The topological polar surface area (TPSA) is 46.6 Å². The molecule has 26 heavy (non-hydrogen) atoms. The summed E-state index contributed by atoms with van der Waals surface area (Å²) in [6.07, 6.45) is 0.555. The number of amides is 1. The molecule has 1 aliphatic rings. The van der Waals surface area contributed by atoms with Gasteiger partial charge in [0.05, 0.1) is 13.0 Å². The molecule has 0 fully saturated rings. The number of carbonyl (C=O) groups excluding carboxylic acids is 2. The van der Waals surface area contributed by atoms with Crippen LogP contribution < -0.4 is 4.90 Å². The number of nitrogens with zero attached hydrogens (tertiary/aromatic N) is 1. The van der Waals surface area contributed by atoms with E-state index in [1.165, 1.54) is 12.7 Å². The van der Waals surface area contributed by atoms with Crippen LogP contribution in [-0.2, 0) is 9.53 Å². The van der Waals surface area contributed by atoms with Crippen molar-refractivity contribution in [3.63, 3.8) is 0 Å². The normalized spacial score (nSPS) is 19.2. The minimum absolute atomic E-state index is 0.0384. The maximum Gasteiger partial charge on any atom is 0.313 e. The maximum atomic E-state index is 13.2. The molecule has 1 aliphatic heterocycles. The molecule has 0 aliphatic carbocycles. The number of hydrogen-bond donors (Lipinski definition) is 0. The molecular formula is C22H25NO3. The lowest BCUT2D eigenvalue weighted by molar-refractivity contribution is -0.142. The summed E-state index contributed by atoms with van der Waals surface area (Å²) >= 11 is 0. The number of para-hydroxylation sites is 1. The predicted octanol–water partition coefficient (Wildman–Crippen LogP) is 4.51. The number of ether oxygens (including phenoxy) is 1. The van der Waals surface area contributed by atoms with Gasteiger partial charge in [0.1, 0.15) is 0 Å². The number of methoxy groups -OCH3 is 1. The summed E-state index contributed by atoms with van der Waals surface area (Å²) in [5.74, 6) is -0.200. The Morgan fingerprint density at radius 2 is 1.73 bits per heavy atom. The molecular weight excluding hydrogens is 326 g/mol. The molecule has 0 N–H and O–H groups in total. The molecule has 3 rings (SSSR count). The Labute approximate surface area is 154 Å². The fraction of sp³-hybridized carbons (Fsp3) is 0.364. The Bertz CT molecular complexity index is 810. The van der Waals surface area contributed by atoms with Crippen molar-refractivity contribution in [2.75, 3.05) is 12.0 Å². The average Bonchev–Trinajstić information content (AvgIpc) is 2.66. The van der Waals surface area contributed by atoms with Gasteiger partial charge in [0.25, 0.3) is 5.91 Å². The molecule has 4 nitrogen and oxygen atoms in total. The first-order valence-electron chi connectivity index (χ1n) is 9.04. The van der Waals surface area contributed by atoms with Gasteiger partial charge in [0.15, 0.2) is 0 Å². The van der Waals surface area contributed by atoms with Gasteiger partial charge in [-0.15, -0.1) is 0 Å². The van der Waals surface area contributed by atoms with Crippen molar-refractivity contribution in [2.45, 2.75) is 45.1 Å². The van der Waals surface area contributed by atoms with Crippen molar-refractivity contribution in [2.24, 2.45) is 0 Å². The summed E-state index contributed by atoms with van der Waals surface area (Å²) in [7, 11) is 1.41. The maximum absolute atomic E-state index is 13.2. The van der Waals surface area contributed by atoms with Crippen LogP contribution in [0.4, 0.5) is 5.69 Å². The average molecular weight is 351 g/mol. The van der Waals surface area contributed by atoms with Crippen molar-refractivity contribution >= 4 is 17.6 Å². The van der Waals surface area contributed by atoms with E-state index in [9.17, 15) is 9.59 Å². The van der Waals surface area contributed by atoms with Crippen LogP contribution >= 0.6 is 0 Å². The largest absolute Gasteiger partial charge is 0.469 e. The molecule has 1 heterocycles. The molecule has 0 bridgehead atoms. The van der Waals surface area contributed by atoms with Gasteiger partial charge in [-0.25, -0.2) is 0 Å². The zero-order valence-corrected chi connectivity index (χ0v) is 15.7. The van der Waals surface area contributed by atoms with Crippen molar-refractivity contribution in [1.82, 2.24) is 0 Å². The third kappa shape index (κ3) is 3.24. The van der Waals surface area contributed by atoms with E-state index in [0.717, 1.165) is 11.3 Å². The number of carbonyl (C=O) groups is 2. The van der Waals surface area contributed by atoms with E-state index in [2.05, 4.69) is 13.8 Å². The Hall–Kier alpha value is -2.62. The second kappa shape index (κ2) is 7.32. The molecule has 0 saturated heterocycles. The standard InChI is InChI=1S/C22H25NO3/c1-14(2)16-9-11-17(12-10-16)21(24)23-15(3)13-19(22(25)26-4)18-7-5-6-8-20(18)23/h5-12,14-15,19H,13H2,1-4H3. The Kier molecular flexibility index (Phi) is 5.12. The van der Waals surface area contributed by atoms with Gasteiger partial charge in [-0.2, -0.15) is 0 Å². The van der Waals surface area contributed by atoms with Gasteiger partial charge in [-0.1, -0.05) is 44.2 Å². The molecule has 4 heteroatoms. The third-order valence-electron chi connectivity index (χ3n) is 5.12. The lowest BCUT2D eigenvalue weighted by atomic mass is 9.85. The van der Waals surface area contributed by atoms with E-state index >= 15 is 0 Å². The zero-order valence-electron chi connectivity index (χ0n) is 15.7. The number of esters is 1. The molecule has 2 aromatic carbocycles. The molecule has 2 unspecified atom stereocenters. The minimum atomic E-state index is -0.335. The molecule has 136 valence electrons. The number of fused-ring (bicyclic) bond motifs is 1. The highest BCUT2D eigenvalue weighted by molar-refractivity contribution is 6.07. The van der Waals surface area contributed by atoms with Crippen LogP contribution in [0.5, 0.6) is 0 Å². The first-order chi connectivity index (χ1) is 12.4. The van der Waals surface area contributed by atoms with Gasteiger partial charge in [-0.3, -0.25) is 9.59 Å². The molecule has 2 atom stereocenters. The third-order valence-corrected chi connectivity index (χ3v) is 5.12. The van der Waals surface area contributed by atoms with Crippen LogP contribution in [0.15, 0.2) is 48.5 Å². The highest BCUT2D eigenvalue weighted by atomic mass is 16.5. The molecule has 2 aromatic rings. The smallest absolute Gasteiger partial charge is 0.313 e. The van der Waals surface area contributed by atoms with Crippen LogP contribution in [0, 0.1) is 0 Å². The highest BCUT2D eigenvalue weighted by Gasteiger charge is 2.37. The van der Waals surface area contributed by atoms with Crippen LogP contribution in [0.3, 0.4) is 0 Å². The lowest BCUT2D eigenvalue weighted by Crippen LogP contribution is -2.44. The first-order valence-corrected chi connectivity index (χ1v) is 9.04. The van der Waals surface area contributed by atoms with Crippen molar-refractivity contribution < 1.29 is 14.3 Å². The Morgan fingerprint density at radius 1 is 1.08 bits per heavy atom. The summed E-state index contributed by atoms with van der Waals surface area (Å²) < 4.78 is 4.97. The predicted molar refractivity (Wildman–Crippen MR) is 103 cm³/mol. The minimum Gasteiger partial charge on any atom is -0.469 e. The second-order valence-corrected chi connectivity index (χ2v) is 7.17. The van der Waals surface area contributed by atoms with Gasteiger partial charge in [-0.05, 0) is 48.6 Å². The fourth-order valence-electron chi connectivity index (χ4n) is 3.64. The molecule has 0 spiro atoms. The second-order valence-electron chi connectivity index (χ2n) is 7.17. The molecule has 0 saturated carbocycles. The molecule has 1 amide bonds. The van der Waals surface area contributed by atoms with E-state index in [1.807, 2.05) is 55.5 Å². The quantitative estimate of drug-likeness (QED) is 0.765. The number of benzene rings is 2. The summed E-state index contributed by atoms with van der Waals surface area (Å²) in [5.41, 5.74) is 3.51. The molecule has 0 radical (unpaired) electrons. The zero-order chi connectivity index (χ0) is 18.8. The fourth-order valence-corrected chi connectivity index (χ4v) is 3.64. The monoisotopic (exact) mass is 351 g/mol. The first kappa shape index (κ1) is 18.2. The summed E-state index contributed by atoms with van der Waals surface area (Å²) in [6.45, 7) is 6.24. The Balaban J connectivity index is 1.98. The van der Waals surface area contributed by atoms with E-state index in [4.69, 9.17) is 4.74 Å². The van der Waals surface area contributed by atoms with Crippen LogP contribution in [0.2, 0.25) is 0 Å². The number of anilines is 1. The SMILES string of the molecule is COC(=O)C1CC(C)N(C(=O)c2ccc(C(C)C)cc2)c2ccccc21. The summed E-state index contributed by atoms with van der Waals surface area (Å²) in [6, 6.07) is 15.3. The van der Waals surface area contributed by atoms with E-state index in [0.29, 0.717) is 17.9 Å². The van der Waals surface area contributed by atoms with Gasteiger partial charge in [0, 0.05) is 17.3 Å². The van der Waals surface area contributed by atoms with Crippen molar-refractivity contribution in [1.29, 1.82) is 0 Å².